The van der Waals surface area contributed by atoms with Crippen LogP contribution in [0.5, 0.6) is 0 Å². The Hall–Kier alpha value is -5.98. The number of ether oxygens (including phenoxy) is 1. The molecule has 0 aliphatic carbocycles. The molecule has 4 aromatic carbocycles. The number of nitrogens with zero attached hydrogens (tertiary/aromatic N) is 3. The maximum atomic E-state index is 11.9. The summed E-state index contributed by atoms with van der Waals surface area (Å²) in [4.78, 5) is 28.5. The number of aryl methyl sites for hydroxylation is 2. The number of pyridine rings is 2. The Morgan fingerprint density at radius 2 is 1.29 bits per heavy atom. The molecule has 2 aliphatic rings. The van der Waals surface area contributed by atoms with Gasteiger partial charge in [0.05, 0.1) is 45.4 Å². The molecule has 9 nitrogen and oxygen atoms in total. The van der Waals surface area contributed by atoms with Crippen LogP contribution in [-0.4, -0.2) is 51.6 Å². The van der Waals surface area contributed by atoms with Gasteiger partial charge in [0, 0.05) is 79.9 Å². The molecular formula is C58H68N6O3S2+2. The molecule has 0 saturated carbocycles. The fraction of sp³-hybridized carbons (Fsp3) is 0.310. The minimum Gasteiger partial charge on any atom is -0.380 e. The van der Waals surface area contributed by atoms with Crippen molar-refractivity contribution in [2.45, 2.75) is 88.1 Å². The number of unbranched alkanes of at least 4 members (excludes halogenated alkanes) is 4. The number of fused-ring (bicyclic) bond motifs is 4. The van der Waals surface area contributed by atoms with Gasteiger partial charge >= 0.3 is 0 Å². The lowest BCUT2D eigenvalue weighted by Gasteiger charge is -2.12. The van der Waals surface area contributed by atoms with E-state index >= 15 is 0 Å². The lowest BCUT2D eigenvalue weighted by molar-refractivity contribution is -0.672. The zero-order valence-electron chi connectivity index (χ0n) is 40.5. The number of carbonyl (C=O) groups is 2. The number of thioether (sulfide) groups is 2. The van der Waals surface area contributed by atoms with E-state index in [2.05, 4.69) is 195 Å². The zero-order chi connectivity index (χ0) is 48.0. The van der Waals surface area contributed by atoms with Crippen LogP contribution in [0.4, 0.5) is 11.4 Å². The molecule has 0 atom stereocenters. The number of aromatic nitrogens is 2. The van der Waals surface area contributed by atoms with E-state index in [1.807, 2.05) is 25.6 Å². The van der Waals surface area contributed by atoms with Crippen LogP contribution in [-0.2, 0) is 27.4 Å². The van der Waals surface area contributed by atoms with E-state index in [4.69, 9.17) is 4.74 Å². The number of para-hydroxylation sites is 4. The van der Waals surface area contributed by atoms with Gasteiger partial charge in [-0.3, -0.25) is 9.59 Å². The summed E-state index contributed by atoms with van der Waals surface area (Å²) in [6.07, 6.45) is 24.7. The summed E-state index contributed by atoms with van der Waals surface area (Å²) < 4.78 is 9.90. The van der Waals surface area contributed by atoms with Crippen molar-refractivity contribution in [1.82, 2.24) is 10.6 Å². The van der Waals surface area contributed by atoms with E-state index in [1.54, 1.807) is 11.8 Å². The fourth-order valence-electron chi connectivity index (χ4n) is 8.42. The van der Waals surface area contributed by atoms with Gasteiger partial charge in [-0.1, -0.05) is 103 Å². The average molecular weight is 961 g/mol. The third-order valence-electron chi connectivity index (χ3n) is 12.1. The predicted molar refractivity (Wildman–Crippen MR) is 289 cm³/mol. The highest BCUT2D eigenvalue weighted by atomic mass is 32.2. The van der Waals surface area contributed by atoms with Crippen LogP contribution >= 0.6 is 23.5 Å². The van der Waals surface area contributed by atoms with Crippen molar-refractivity contribution < 1.29 is 23.5 Å². The second-order valence-electron chi connectivity index (χ2n) is 17.1. The first-order valence-corrected chi connectivity index (χ1v) is 26.3. The highest BCUT2D eigenvalue weighted by molar-refractivity contribution is 8.04. The lowest BCUT2D eigenvalue weighted by Crippen LogP contribution is -2.34. The number of allylic oxidation sites excluding steroid dienone is 4. The summed E-state index contributed by atoms with van der Waals surface area (Å²) in [5.74, 6) is 0.432. The molecule has 69 heavy (non-hydrogen) atoms. The number of anilines is 2. The van der Waals surface area contributed by atoms with E-state index < -0.39 is 0 Å². The number of amides is 1. The van der Waals surface area contributed by atoms with Crippen LogP contribution in [0.25, 0.3) is 34.0 Å². The molecule has 0 saturated heterocycles. The Bertz CT molecular complexity index is 2760. The topological polar surface area (TPSA) is 90.5 Å². The molecular weight excluding hydrogens is 893 g/mol. The van der Waals surface area contributed by atoms with Gasteiger partial charge in [-0.25, -0.2) is 0 Å². The highest BCUT2D eigenvalue weighted by Gasteiger charge is 2.21. The molecule has 0 fully saturated rings. The first-order chi connectivity index (χ1) is 33.9. The Morgan fingerprint density at radius 1 is 0.681 bits per heavy atom. The molecule has 6 aromatic rings. The first-order valence-electron chi connectivity index (χ1n) is 24.6. The Balaban J connectivity index is 0.000000204. The molecule has 0 spiro atoms. The number of hydrogen-bond donors (Lipinski definition) is 3. The molecule has 11 heteroatoms. The SMILES string of the molecule is CCNCC(=O)CCCCC[n+]1ccc(C=CC=C2Sc3ccccc3N2C)c2ccccc21.CCOCCNC(=O)CCCCC[n+]1ccc(C=CC=C2Nc3ccccc3S2)c2ccccc21. The quantitative estimate of drug-likeness (QED) is 0.0432. The minimum atomic E-state index is 0.115. The molecule has 0 unspecified atom stereocenters. The standard InChI is InChI=1S/C29H33N3O2S.C29H34N3OS/c1-2-34-22-19-30-28(33)16-4-3-9-20-32-21-18-23(24-12-5-7-14-26(24)32)11-10-17-29-31-25-13-6-8-15-27(25)35-29;1-3-30-22-24(33)13-5-4-10-20-32-21-19-23(25-14-6-7-15-26(25)32)12-11-18-29-31(2)27-16-8-9-17-28(27)34-29/h5-8,10-15,17-18,21H,2-4,9,16,19-20,22H2,1H3,(H,30,33);6-9,11-12,14-19,21,30H,3-5,10,13,20,22H2,1-2H3/q;+1/p+1. The van der Waals surface area contributed by atoms with Crippen LogP contribution in [0, 0.1) is 0 Å². The normalized spacial score (nSPS) is 14.2. The first kappa shape index (κ1) is 50.9. The lowest BCUT2D eigenvalue weighted by atomic mass is 10.1. The van der Waals surface area contributed by atoms with Gasteiger partial charge in [0.25, 0.3) is 0 Å². The van der Waals surface area contributed by atoms with Crippen LogP contribution in [0.1, 0.15) is 76.3 Å². The maximum absolute atomic E-state index is 11.9. The van der Waals surface area contributed by atoms with Crippen molar-refractivity contribution in [2.75, 3.05) is 50.1 Å². The van der Waals surface area contributed by atoms with Crippen molar-refractivity contribution in [2.24, 2.45) is 0 Å². The van der Waals surface area contributed by atoms with Crippen molar-refractivity contribution >= 4 is 80.5 Å². The molecule has 4 heterocycles. The van der Waals surface area contributed by atoms with Gasteiger partial charge in [-0.2, -0.15) is 9.13 Å². The minimum absolute atomic E-state index is 0.115. The van der Waals surface area contributed by atoms with Gasteiger partial charge in [0.2, 0.25) is 16.9 Å². The highest BCUT2D eigenvalue weighted by Crippen LogP contribution is 2.44. The molecule has 8 rings (SSSR count). The third kappa shape index (κ3) is 15.0. The number of ketones is 1. The van der Waals surface area contributed by atoms with Crippen molar-refractivity contribution in [1.29, 1.82) is 0 Å². The van der Waals surface area contributed by atoms with Crippen LogP contribution < -0.4 is 30.0 Å². The van der Waals surface area contributed by atoms with Crippen molar-refractivity contribution in [3.8, 4) is 0 Å². The summed E-state index contributed by atoms with van der Waals surface area (Å²) >= 11 is 3.57. The smallest absolute Gasteiger partial charge is 0.220 e. The molecule has 2 aromatic heterocycles. The molecule has 0 radical (unpaired) electrons. The number of hydrogen-bond acceptors (Lipinski definition) is 8. The van der Waals surface area contributed by atoms with E-state index in [1.165, 1.54) is 59.1 Å². The Labute approximate surface area is 417 Å². The number of carbonyl (C=O) groups excluding carboxylic acids is 2. The second-order valence-corrected chi connectivity index (χ2v) is 19.2. The van der Waals surface area contributed by atoms with Crippen LogP contribution in [0.2, 0.25) is 0 Å². The van der Waals surface area contributed by atoms with Crippen LogP contribution in [0.15, 0.2) is 166 Å². The van der Waals surface area contributed by atoms with Crippen LogP contribution in [0.3, 0.4) is 0 Å². The molecule has 2 aliphatic heterocycles. The van der Waals surface area contributed by atoms with Gasteiger partial charge < -0.3 is 25.6 Å². The number of rotatable bonds is 23. The van der Waals surface area contributed by atoms with Gasteiger partial charge in [-0.05, 0) is 98.8 Å². The molecule has 1 amide bonds. The Kier molecular flexibility index (Phi) is 20.1. The number of likely N-dealkylation sites (N-methyl/N-ethyl adjacent to an activating group) is 1. The van der Waals surface area contributed by atoms with Gasteiger partial charge in [-0.15, -0.1) is 0 Å². The van der Waals surface area contributed by atoms with E-state index in [0.29, 0.717) is 44.9 Å². The van der Waals surface area contributed by atoms with Gasteiger partial charge in [0.15, 0.2) is 12.4 Å². The van der Waals surface area contributed by atoms with Crippen molar-refractivity contribution in [3.05, 3.63) is 167 Å². The molecule has 0 bridgehead atoms. The maximum Gasteiger partial charge on any atom is 0.220 e. The van der Waals surface area contributed by atoms with E-state index in [0.717, 1.165) is 63.2 Å². The summed E-state index contributed by atoms with van der Waals surface area (Å²) in [6.45, 7) is 9.11. The average Bonchev–Trinajstić information content (AvgIpc) is 3.95. The van der Waals surface area contributed by atoms with E-state index in [-0.39, 0.29) is 5.91 Å². The number of nitrogens with one attached hydrogen (secondary N) is 3. The second kappa shape index (κ2) is 27.3. The number of Topliss-reactive ketones (excluding diaryl/α,β-unsaturated/α-hetero) is 1. The number of benzene rings is 4. The van der Waals surface area contributed by atoms with Gasteiger partial charge in [0.1, 0.15) is 18.9 Å². The fourth-order valence-corrected chi connectivity index (χ4v) is 10.4. The largest absolute Gasteiger partial charge is 0.380 e. The molecule has 3 N–H and O–H groups in total. The summed E-state index contributed by atoms with van der Waals surface area (Å²) in [5.41, 5.74) is 7.35. The van der Waals surface area contributed by atoms with Crippen molar-refractivity contribution in [3.63, 3.8) is 0 Å². The van der Waals surface area contributed by atoms with E-state index in [9.17, 15) is 9.59 Å². The Morgan fingerprint density at radius 3 is 1.94 bits per heavy atom. The predicted octanol–water partition coefficient (Wildman–Crippen LogP) is 11.9. The summed E-state index contributed by atoms with van der Waals surface area (Å²) in [6, 6.07) is 38.4. The zero-order valence-corrected chi connectivity index (χ0v) is 42.1. The third-order valence-corrected chi connectivity index (χ3v) is 14.3. The molecule has 358 valence electrons. The summed E-state index contributed by atoms with van der Waals surface area (Å²) in [5, 5.41) is 14.4. The monoisotopic (exact) mass is 960 g/mol. The summed E-state index contributed by atoms with van der Waals surface area (Å²) in [7, 11) is 2.12.